The Balaban J connectivity index is 1.36. The van der Waals surface area contributed by atoms with Crippen LogP contribution in [0.25, 0.3) is 0 Å². The first-order valence-electron chi connectivity index (χ1n) is 10.3. The number of ketones is 1. The maximum absolute atomic E-state index is 12.8. The van der Waals surface area contributed by atoms with Gasteiger partial charge in [-0.25, -0.2) is 0 Å². The molecule has 2 atom stereocenters. The highest BCUT2D eigenvalue weighted by atomic mass is 16.2. The van der Waals surface area contributed by atoms with Gasteiger partial charge in [0.25, 0.3) is 0 Å². The quantitative estimate of drug-likeness (QED) is 0.726. The molecule has 2 amide bonds. The number of hydrogen-bond acceptors (Lipinski definition) is 3. The van der Waals surface area contributed by atoms with E-state index in [4.69, 9.17) is 0 Å². The van der Waals surface area contributed by atoms with Crippen LogP contribution in [0.15, 0.2) is 30.3 Å². The molecule has 0 N–H and O–H groups in total. The predicted octanol–water partition coefficient (Wildman–Crippen LogP) is 2.90. The molecule has 4 aliphatic rings. The maximum Gasteiger partial charge on any atom is 0.227 e. The molecule has 0 aromatic heterocycles. The monoisotopic (exact) mass is 368 g/mol. The van der Waals surface area contributed by atoms with Crippen LogP contribution in [0, 0.1) is 11.8 Å². The van der Waals surface area contributed by atoms with E-state index >= 15 is 0 Å². The van der Waals surface area contributed by atoms with Crippen molar-refractivity contribution < 1.29 is 14.4 Å². The topological polar surface area (TPSA) is 57.7 Å². The van der Waals surface area contributed by atoms with Crippen molar-refractivity contribution in [2.45, 2.75) is 51.0 Å². The fourth-order valence-electron chi connectivity index (χ4n) is 4.58. The van der Waals surface area contributed by atoms with E-state index in [1.807, 2.05) is 23.1 Å². The molecule has 2 bridgehead atoms. The molecule has 5 nitrogen and oxygen atoms in total. The molecule has 3 heterocycles. The third-order valence-electron chi connectivity index (χ3n) is 6.49. The Labute approximate surface area is 160 Å². The maximum atomic E-state index is 12.8. The van der Waals surface area contributed by atoms with Gasteiger partial charge in [0.1, 0.15) is 0 Å². The van der Waals surface area contributed by atoms with Crippen LogP contribution in [0.1, 0.15) is 55.3 Å². The Hall–Kier alpha value is -2.17. The summed E-state index contributed by atoms with van der Waals surface area (Å²) < 4.78 is 0. The number of fused-ring (bicyclic) bond motifs is 4. The van der Waals surface area contributed by atoms with Crippen LogP contribution in [-0.4, -0.2) is 53.1 Å². The van der Waals surface area contributed by atoms with Gasteiger partial charge in [0.05, 0.1) is 5.92 Å². The highest BCUT2D eigenvalue weighted by Crippen LogP contribution is 2.34. The second-order valence-corrected chi connectivity index (χ2v) is 8.30. The lowest BCUT2D eigenvalue weighted by Gasteiger charge is -2.40. The van der Waals surface area contributed by atoms with Gasteiger partial charge in [-0.2, -0.15) is 0 Å². The SMILES string of the molecule is O=C(CCC(=O)N1C[C@@H]2CC[C@H](C1)N(CC1CCC1)C2=O)c1ccccc1. The van der Waals surface area contributed by atoms with Crippen LogP contribution in [0.3, 0.4) is 0 Å². The van der Waals surface area contributed by atoms with Gasteiger partial charge in [-0.1, -0.05) is 36.8 Å². The van der Waals surface area contributed by atoms with Crippen molar-refractivity contribution in [2.75, 3.05) is 19.6 Å². The summed E-state index contributed by atoms with van der Waals surface area (Å²) in [4.78, 5) is 41.8. The zero-order valence-electron chi connectivity index (χ0n) is 15.8. The number of benzene rings is 1. The van der Waals surface area contributed by atoms with Crippen LogP contribution in [0.5, 0.6) is 0 Å². The molecule has 0 spiro atoms. The second-order valence-electron chi connectivity index (χ2n) is 8.30. The van der Waals surface area contributed by atoms with Crippen molar-refractivity contribution in [1.82, 2.24) is 9.80 Å². The van der Waals surface area contributed by atoms with Gasteiger partial charge in [-0.3, -0.25) is 14.4 Å². The summed E-state index contributed by atoms with van der Waals surface area (Å²) in [5.41, 5.74) is 0.656. The Morgan fingerprint density at radius 2 is 1.74 bits per heavy atom. The summed E-state index contributed by atoms with van der Waals surface area (Å²) in [5, 5.41) is 0. The Morgan fingerprint density at radius 1 is 0.963 bits per heavy atom. The smallest absolute Gasteiger partial charge is 0.227 e. The van der Waals surface area contributed by atoms with Crippen LogP contribution < -0.4 is 0 Å². The molecule has 1 aromatic carbocycles. The van der Waals surface area contributed by atoms with Gasteiger partial charge < -0.3 is 9.80 Å². The van der Waals surface area contributed by atoms with Crippen LogP contribution in [0.4, 0.5) is 0 Å². The lowest BCUT2D eigenvalue weighted by atomic mass is 9.83. The van der Waals surface area contributed by atoms with Gasteiger partial charge in [0.2, 0.25) is 11.8 Å². The molecule has 5 heteroatoms. The van der Waals surface area contributed by atoms with Crippen LogP contribution >= 0.6 is 0 Å². The van der Waals surface area contributed by atoms with Crippen LogP contribution in [-0.2, 0) is 9.59 Å². The average molecular weight is 368 g/mol. The fourth-order valence-corrected chi connectivity index (χ4v) is 4.58. The fraction of sp³-hybridized carbons (Fsp3) is 0.591. The number of Topliss-reactive ketones (excluding diaryl/α,β-unsaturated/α-hetero) is 1. The normalized spacial score (nSPS) is 25.3. The van der Waals surface area contributed by atoms with Crippen molar-refractivity contribution in [3.63, 3.8) is 0 Å². The number of nitrogens with zero attached hydrogens (tertiary/aromatic N) is 2. The third kappa shape index (κ3) is 3.92. The minimum atomic E-state index is -0.0578. The second kappa shape index (κ2) is 7.83. The van der Waals surface area contributed by atoms with E-state index in [2.05, 4.69) is 4.90 Å². The van der Waals surface area contributed by atoms with E-state index in [-0.39, 0.29) is 42.4 Å². The van der Waals surface area contributed by atoms with E-state index in [0.29, 0.717) is 24.6 Å². The highest BCUT2D eigenvalue weighted by molar-refractivity contribution is 5.98. The van der Waals surface area contributed by atoms with E-state index in [9.17, 15) is 14.4 Å². The Kier molecular flexibility index (Phi) is 5.28. The van der Waals surface area contributed by atoms with Crippen molar-refractivity contribution >= 4 is 17.6 Å². The third-order valence-corrected chi connectivity index (χ3v) is 6.49. The molecular weight excluding hydrogens is 340 g/mol. The van der Waals surface area contributed by atoms with Gasteiger partial charge >= 0.3 is 0 Å². The largest absolute Gasteiger partial charge is 0.340 e. The van der Waals surface area contributed by atoms with Gasteiger partial charge in [0.15, 0.2) is 5.78 Å². The molecule has 27 heavy (non-hydrogen) atoms. The van der Waals surface area contributed by atoms with E-state index < -0.39 is 0 Å². The molecule has 144 valence electrons. The molecule has 3 saturated heterocycles. The molecular formula is C22H28N2O3. The number of rotatable bonds is 6. The predicted molar refractivity (Wildman–Crippen MR) is 102 cm³/mol. The van der Waals surface area contributed by atoms with E-state index in [1.165, 1.54) is 19.3 Å². The Bertz CT molecular complexity index is 714. The first kappa shape index (κ1) is 18.2. The number of piperidine rings is 1. The molecule has 1 aromatic rings. The minimum Gasteiger partial charge on any atom is -0.340 e. The zero-order chi connectivity index (χ0) is 18.8. The standard InChI is InChI=1S/C22H28N2O3/c25-20(17-7-2-1-3-8-17)11-12-21(26)23-14-18-9-10-19(15-23)24(22(18)27)13-16-5-4-6-16/h1-3,7-8,16,18-19H,4-6,9-15H2/t18-,19+/m0/s1. The average Bonchev–Trinajstić information content (AvgIpc) is 2.95. The lowest BCUT2D eigenvalue weighted by Crippen LogP contribution is -2.50. The summed E-state index contributed by atoms with van der Waals surface area (Å²) in [6.07, 6.45) is 6.07. The highest BCUT2D eigenvalue weighted by Gasteiger charge is 2.42. The molecule has 3 aliphatic heterocycles. The molecule has 1 aliphatic carbocycles. The first-order valence-corrected chi connectivity index (χ1v) is 10.3. The van der Waals surface area contributed by atoms with Crippen molar-refractivity contribution in [3.8, 4) is 0 Å². The summed E-state index contributed by atoms with van der Waals surface area (Å²) in [6.45, 7) is 2.02. The molecule has 5 rings (SSSR count). The van der Waals surface area contributed by atoms with Crippen LogP contribution in [0.2, 0.25) is 0 Å². The lowest BCUT2D eigenvalue weighted by molar-refractivity contribution is -0.141. The number of carbonyl (C=O) groups is 3. The summed E-state index contributed by atoms with van der Waals surface area (Å²) in [7, 11) is 0. The molecule has 0 radical (unpaired) electrons. The molecule has 1 saturated carbocycles. The number of amides is 2. The van der Waals surface area contributed by atoms with E-state index in [0.717, 1.165) is 19.4 Å². The van der Waals surface area contributed by atoms with Crippen molar-refractivity contribution in [3.05, 3.63) is 35.9 Å². The summed E-state index contributed by atoms with van der Waals surface area (Å²) in [5.74, 6) is 0.853. The van der Waals surface area contributed by atoms with Crippen molar-refractivity contribution in [2.24, 2.45) is 11.8 Å². The first-order chi connectivity index (χ1) is 13.1. The molecule has 0 unspecified atom stereocenters. The van der Waals surface area contributed by atoms with Gasteiger partial charge in [-0.15, -0.1) is 0 Å². The van der Waals surface area contributed by atoms with Gasteiger partial charge in [0, 0.05) is 44.1 Å². The Morgan fingerprint density at radius 3 is 2.44 bits per heavy atom. The summed E-state index contributed by atoms with van der Waals surface area (Å²) >= 11 is 0. The summed E-state index contributed by atoms with van der Waals surface area (Å²) in [6, 6.07) is 9.28. The van der Waals surface area contributed by atoms with Crippen molar-refractivity contribution in [1.29, 1.82) is 0 Å². The zero-order valence-corrected chi connectivity index (χ0v) is 15.8. The molecule has 4 fully saturated rings. The van der Waals surface area contributed by atoms with E-state index in [1.54, 1.807) is 12.1 Å². The number of hydrogen-bond donors (Lipinski definition) is 0. The minimum absolute atomic E-state index is 0.00410. The number of carbonyl (C=O) groups excluding carboxylic acids is 3. The van der Waals surface area contributed by atoms with Gasteiger partial charge in [-0.05, 0) is 31.6 Å².